The molecule has 432 valence electrons. The molecule has 18 nitrogen and oxygen atoms in total. The smallest absolute Gasteiger partial charge is 0.313 e. The van der Waals surface area contributed by atoms with Crippen molar-refractivity contribution in [2.75, 3.05) is 39.6 Å². The maximum Gasteiger partial charge on any atom is 0.313 e. The molecular weight excluding hydrogens is 985 g/mol. The Morgan fingerprint density at radius 1 is 0.526 bits per heavy atom. The van der Waals surface area contributed by atoms with Crippen molar-refractivity contribution in [2.45, 2.75) is 232 Å². The van der Waals surface area contributed by atoms with E-state index in [1.165, 1.54) is 0 Å². The van der Waals surface area contributed by atoms with Gasteiger partial charge in [-0.25, -0.2) is 0 Å². The average molecular weight is 1080 g/mol. The highest BCUT2D eigenvalue weighted by atomic mass is 16.6. The molecule has 2 N–H and O–H groups in total. The average Bonchev–Trinajstić information content (AvgIpc) is 4.19. The van der Waals surface area contributed by atoms with Gasteiger partial charge in [0.15, 0.2) is 0 Å². The zero-order valence-corrected chi connectivity index (χ0v) is 46.8. The molecule has 0 aromatic heterocycles. The van der Waals surface area contributed by atoms with E-state index in [2.05, 4.69) is 41.5 Å². The second kappa shape index (κ2) is 27.2. The quantitative estimate of drug-likeness (QED) is 0.0297. The normalized spacial score (nSPS) is 36.8. The summed E-state index contributed by atoms with van der Waals surface area (Å²) < 4.78 is 56.3. The predicted octanol–water partition coefficient (Wildman–Crippen LogP) is 8.29. The maximum atomic E-state index is 14.0. The Morgan fingerprint density at radius 3 is 1.38 bits per heavy atom. The third-order valence-corrected chi connectivity index (χ3v) is 18.4. The molecule has 4 aliphatic heterocycles. The van der Waals surface area contributed by atoms with Crippen LogP contribution in [0, 0.1) is 58.2 Å². The first-order chi connectivity index (χ1) is 36.4. The highest BCUT2D eigenvalue weighted by Crippen LogP contribution is 2.56. The van der Waals surface area contributed by atoms with Crippen molar-refractivity contribution in [1.29, 1.82) is 0 Å². The SMILES string of the molecule is CC1CC2OC2CC1C(=O)OCCOCCOC(=O)C1CC2OC2CC1C.CCCCC(CC)CC1(C(=O)OCC(C)OCC(C)OC(=O)C2(CC(CC)CCCC)CC3OC3CC2C(=O)O)CC2OC2CC1C(=O)O. The van der Waals surface area contributed by atoms with E-state index in [1.807, 2.05) is 0 Å². The molecule has 0 amide bonds. The minimum absolute atomic E-state index is 0.0310. The fourth-order valence-electron chi connectivity index (χ4n) is 13.3. The number of aliphatic carboxylic acids is 2. The van der Waals surface area contributed by atoms with Gasteiger partial charge in [0.2, 0.25) is 0 Å². The molecule has 4 heterocycles. The van der Waals surface area contributed by atoms with E-state index in [0.29, 0.717) is 75.8 Å². The van der Waals surface area contributed by atoms with E-state index in [4.69, 9.17) is 47.4 Å². The van der Waals surface area contributed by atoms with E-state index in [0.717, 1.165) is 77.0 Å². The number of rotatable bonds is 30. The summed E-state index contributed by atoms with van der Waals surface area (Å²) in [7, 11) is 0. The van der Waals surface area contributed by atoms with Gasteiger partial charge in [-0.2, -0.15) is 0 Å². The minimum Gasteiger partial charge on any atom is -0.481 e. The first kappa shape index (κ1) is 60.2. The molecule has 8 aliphatic rings. The molecule has 20 unspecified atom stereocenters. The summed E-state index contributed by atoms with van der Waals surface area (Å²) in [5.74, 6) is -4.16. The zero-order chi connectivity index (χ0) is 54.9. The Morgan fingerprint density at radius 2 is 0.947 bits per heavy atom. The number of ether oxygens (including phenoxy) is 10. The van der Waals surface area contributed by atoms with Gasteiger partial charge >= 0.3 is 35.8 Å². The van der Waals surface area contributed by atoms with Crippen LogP contribution in [0.5, 0.6) is 0 Å². The summed E-state index contributed by atoms with van der Waals surface area (Å²) in [6, 6.07) is 0. The Balaban J connectivity index is 0.000000260. The maximum absolute atomic E-state index is 14.0. The van der Waals surface area contributed by atoms with Crippen LogP contribution in [0.15, 0.2) is 0 Å². The van der Waals surface area contributed by atoms with E-state index >= 15 is 0 Å². The Hall–Kier alpha value is -3.42. The number of unbranched alkanes of at least 4 members (excludes halogenated alkanes) is 2. The van der Waals surface area contributed by atoms with Crippen LogP contribution in [0.2, 0.25) is 0 Å². The zero-order valence-electron chi connectivity index (χ0n) is 46.8. The first-order valence-corrected chi connectivity index (χ1v) is 29.3. The monoisotopic (exact) mass is 1080 g/mol. The van der Waals surface area contributed by atoms with Crippen molar-refractivity contribution in [3.8, 4) is 0 Å². The second-order valence-corrected chi connectivity index (χ2v) is 24.1. The van der Waals surface area contributed by atoms with Crippen LogP contribution in [-0.4, -0.2) is 147 Å². The molecule has 76 heavy (non-hydrogen) atoms. The Bertz CT molecular complexity index is 1920. The van der Waals surface area contributed by atoms with Crippen molar-refractivity contribution in [3.63, 3.8) is 0 Å². The molecule has 0 radical (unpaired) electrons. The van der Waals surface area contributed by atoms with Gasteiger partial charge in [-0.1, -0.05) is 92.9 Å². The standard InChI is InChI=1S/C38H62O11.C20H30O7/c1-7-11-13-25(9-3)17-37(19-31-29(48-31)15-27(37)33(39)40)35(43)46-21-23(5)45-22-24(6)47-36(44)38(18-26(10-4)14-12-8-2)20-32-30(49-32)16-28(38)34(41)42;1-11-7-15-17(26-15)9-13(11)19(21)24-5-3-23-4-6-25-20(22)14-10-18-16(27-18)8-12(14)2/h23-32H,7-22H2,1-6H3,(H,39,40)(H,41,42);11-18H,3-10H2,1-2H3. The number of carbonyl (C=O) groups excluding carboxylic acids is 4. The van der Waals surface area contributed by atoms with Gasteiger partial charge in [-0.15, -0.1) is 0 Å². The van der Waals surface area contributed by atoms with Gasteiger partial charge < -0.3 is 57.6 Å². The molecule has 0 spiro atoms. The summed E-state index contributed by atoms with van der Waals surface area (Å²) in [5, 5.41) is 20.5. The van der Waals surface area contributed by atoms with E-state index in [9.17, 15) is 39.0 Å². The fraction of sp³-hybridized carbons (Fsp3) is 0.897. The van der Waals surface area contributed by atoms with Gasteiger partial charge in [0.25, 0.3) is 0 Å². The fourth-order valence-corrected chi connectivity index (χ4v) is 13.3. The molecule has 0 aromatic carbocycles. The number of carboxylic acid groups (broad SMARTS) is 2. The second-order valence-electron chi connectivity index (χ2n) is 24.1. The molecule has 4 aliphatic carbocycles. The molecule has 8 rings (SSSR count). The Labute approximate surface area is 450 Å². The molecule has 8 fully saturated rings. The molecule has 0 bridgehead atoms. The summed E-state index contributed by atoms with van der Waals surface area (Å²) in [6.45, 7) is 17.1. The molecule has 0 aromatic rings. The van der Waals surface area contributed by atoms with Gasteiger partial charge in [0.05, 0.1) is 109 Å². The number of hydrogen-bond acceptors (Lipinski definition) is 16. The number of hydrogen-bond donors (Lipinski definition) is 2. The third kappa shape index (κ3) is 15.5. The van der Waals surface area contributed by atoms with Crippen LogP contribution in [0.3, 0.4) is 0 Å². The van der Waals surface area contributed by atoms with Crippen LogP contribution >= 0.6 is 0 Å². The Kier molecular flexibility index (Phi) is 21.5. The van der Waals surface area contributed by atoms with Crippen molar-refractivity contribution in [1.82, 2.24) is 0 Å². The van der Waals surface area contributed by atoms with Crippen LogP contribution in [-0.2, 0) is 76.1 Å². The summed E-state index contributed by atoms with van der Waals surface area (Å²) >= 11 is 0. The van der Waals surface area contributed by atoms with Crippen LogP contribution in [0.25, 0.3) is 0 Å². The number of esters is 4. The lowest BCUT2D eigenvalue weighted by Crippen LogP contribution is -2.50. The molecule has 4 saturated carbocycles. The van der Waals surface area contributed by atoms with Gasteiger partial charge in [0, 0.05) is 0 Å². The van der Waals surface area contributed by atoms with Gasteiger partial charge in [-0.3, -0.25) is 28.8 Å². The number of fused-ring (bicyclic) bond motifs is 4. The summed E-state index contributed by atoms with van der Waals surface area (Å²) in [4.78, 5) is 77.2. The number of carbonyl (C=O) groups is 6. The van der Waals surface area contributed by atoms with Crippen LogP contribution in [0.4, 0.5) is 0 Å². The minimum atomic E-state index is -1.17. The lowest BCUT2D eigenvalue weighted by Gasteiger charge is -2.41. The largest absolute Gasteiger partial charge is 0.481 e. The lowest BCUT2D eigenvalue weighted by molar-refractivity contribution is -0.180. The molecule has 20 atom stereocenters. The third-order valence-electron chi connectivity index (χ3n) is 18.4. The van der Waals surface area contributed by atoms with Crippen molar-refractivity contribution in [2.24, 2.45) is 58.2 Å². The summed E-state index contributed by atoms with van der Waals surface area (Å²) in [5.41, 5.74) is -2.33. The van der Waals surface area contributed by atoms with Crippen molar-refractivity contribution in [3.05, 3.63) is 0 Å². The molecule has 4 saturated heterocycles. The van der Waals surface area contributed by atoms with Crippen LogP contribution < -0.4 is 0 Å². The summed E-state index contributed by atoms with van der Waals surface area (Å²) in [6.07, 6.45) is 12.9. The molecule has 18 heteroatoms. The number of epoxide rings is 4. The molecular formula is C58H92O18. The lowest BCUT2D eigenvalue weighted by atomic mass is 9.61. The van der Waals surface area contributed by atoms with E-state index in [-0.39, 0.29) is 98.7 Å². The predicted molar refractivity (Wildman–Crippen MR) is 275 cm³/mol. The topological polar surface area (TPSA) is 248 Å². The van der Waals surface area contributed by atoms with E-state index < -0.39 is 58.8 Å². The van der Waals surface area contributed by atoms with Crippen molar-refractivity contribution >= 4 is 35.8 Å². The highest BCUT2D eigenvalue weighted by molar-refractivity contribution is 5.86. The highest BCUT2D eigenvalue weighted by Gasteiger charge is 2.64. The van der Waals surface area contributed by atoms with Gasteiger partial charge in [0.1, 0.15) is 25.9 Å². The first-order valence-electron chi connectivity index (χ1n) is 29.3. The van der Waals surface area contributed by atoms with Crippen molar-refractivity contribution < 1.29 is 86.3 Å². The number of carboxylic acids is 2. The van der Waals surface area contributed by atoms with E-state index in [1.54, 1.807) is 13.8 Å². The van der Waals surface area contributed by atoms with Gasteiger partial charge in [-0.05, 0) is 102 Å². The van der Waals surface area contributed by atoms with Crippen LogP contribution in [0.1, 0.15) is 171 Å².